The minimum absolute atomic E-state index is 0.0364. The SMILES string of the molecule is C#CCSCCNC(=O)NC(C)CCCC(C)C(=O)O. The largest absolute Gasteiger partial charge is 0.481 e. The van der Waals surface area contributed by atoms with E-state index in [1.54, 1.807) is 18.7 Å². The second-order valence-electron chi connectivity index (χ2n) is 4.73. The summed E-state index contributed by atoms with van der Waals surface area (Å²) in [6.07, 6.45) is 7.31. The van der Waals surface area contributed by atoms with Crippen LogP contribution in [0.15, 0.2) is 0 Å². The number of carboxylic acid groups (broad SMARTS) is 1. The highest BCUT2D eigenvalue weighted by molar-refractivity contribution is 7.99. The molecule has 0 saturated heterocycles. The van der Waals surface area contributed by atoms with Gasteiger partial charge in [-0.2, -0.15) is 0 Å². The predicted octanol–water partition coefficient (Wildman–Crippen LogP) is 1.93. The highest BCUT2D eigenvalue weighted by Crippen LogP contribution is 2.09. The van der Waals surface area contributed by atoms with Gasteiger partial charge in [-0.3, -0.25) is 4.79 Å². The first-order chi connectivity index (χ1) is 9.47. The number of aliphatic carboxylic acids is 1. The number of thioether (sulfide) groups is 1. The van der Waals surface area contributed by atoms with Crippen molar-refractivity contribution in [2.24, 2.45) is 5.92 Å². The summed E-state index contributed by atoms with van der Waals surface area (Å²) in [5, 5.41) is 14.3. The van der Waals surface area contributed by atoms with Gasteiger partial charge in [-0.05, 0) is 19.8 Å². The van der Waals surface area contributed by atoms with Crippen LogP contribution in [0.1, 0.15) is 33.1 Å². The monoisotopic (exact) mass is 300 g/mol. The Labute approximate surface area is 125 Å². The molecule has 0 saturated carbocycles. The lowest BCUT2D eigenvalue weighted by Crippen LogP contribution is -2.41. The maximum Gasteiger partial charge on any atom is 0.315 e. The van der Waals surface area contributed by atoms with Gasteiger partial charge in [0.1, 0.15) is 0 Å². The second-order valence-corrected chi connectivity index (χ2v) is 5.83. The second kappa shape index (κ2) is 11.5. The van der Waals surface area contributed by atoms with E-state index in [-0.39, 0.29) is 18.0 Å². The first-order valence-electron chi connectivity index (χ1n) is 6.75. The molecule has 0 radical (unpaired) electrons. The summed E-state index contributed by atoms with van der Waals surface area (Å²) < 4.78 is 0. The third-order valence-corrected chi connectivity index (χ3v) is 3.65. The molecule has 0 heterocycles. The Morgan fingerprint density at radius 1 is 1.35 bits per heavy atom. The molecule has 0 rings (SSSR count). The molecule has 2 amide bonds. The molecule has 5 nitrogen and oxygen atoms in total. The van der Waals surface area contributed by atoms with Gasteiger partial charge in [0.15, 0.2) is 0 Å². The molecule has 0 aliphatic heterocycles. The van der Waals surface area contributed by atoms with Crippen LogP contribution in [0.25, 0.3) is 0 Å². The van der Waals surface area contributed by atoms with Crippen molar-refractivity contribution in [3.8, 4) is 12.3 Å². The molecular formula is C14H24N2O3S. The average molecular weight is 300 g/mol. The van der Waals surface area contributed by atoms with Crippen molar-refractivity contribution < 1.29 is 14.7 Å². The van der Waals surface area contributed by atoms with Gasteiger partial charge in [0, 0.05) is 18.3 Å². The van der Waals surface area contributed by atoms with Crippen LogP contribution in [0.4, 0.5) is 4.79 Å². The molecule has 0 aliphatic carbocycles. The summed E-state index contributed by atoms with van der Waals surface area (Å²) in [4.78, 5) is 22.2. The first kappa shape index (κ1) is 18.7. The summed E-state index contributed by atoms with van der Waals surface area (Å²) in [5.74, 6) is 2.87. The van der Waals surface area contributed by atoms with E-state index < -0.39 is 5.97 Å². The third kappa shape index (κ3) is 10.6. The molecule has 0 aromatic rings. The van der Waals surface area contributed by atoms with Gasteiger partial charge in [0.05, 0.1) is 11.7 Å². The van der Waals surface area contributed by atoms with E-state index in [2.05, 4.69) is 16.6 Å². The lowest BCUT2D eigenvalue weighted by atomic mass is 10.0. The number of hydrogen-bond acceptors (Lipinski definition) is 3. The van der Waals surface area contributed by atoms with E-state index in [0.29, 0.717) is 18.7 Å². The number of amides is 2. The van der Waals surface area contributed by atoms with Crippen LogP contribution in [0.2, 0.25) is 0 Å². The standard InChI is InChI=1S/C14H24N2O3S/c1-4-9-20-10-8-15-14(19)16-12(3)7-5-6-11(2)13(17)18/h1,11-12H,5-10H2,2-3H3,(H,17,18)(H2,15,16,19). The van der Waals surface area contributed by atoms with Gasteiger partial charge in [0.2, 0.25) is 0 Å². The van der Waals surface area contributed by atoms with Crippen LogP contribution in [-0.2, 0) is 4.79 Å². The zero-order valence-electron chi connectivity index (χ0n) is 12.1. The number of carboxylic acids is 1. The topological polar surface area (TPSA) is 78.4 Å². The number of carbonyl (C=O) groups excluding carboxylic acids is 1. The van der Waals surface area contributed by atoms with Crippen molar-refractivity contribution in [1.29, 1.82) is 0 Å². The Bertz CT molecular complexity index is 342. The molecule has 6 heteroatoms. The van der Waals surface area contributed by atoms with Gasteiger partial charge in [-0.15, -0.1) is 18.2 Å². The molecular weight excluding hydrogens is 276 g/mol. The summed E-state index contributed by atoms with van der Waals surface area (Å²) in [6, 6.07) is -0.153. The third-order valence-electron chi connectivity index (χ3n) is 2.79. The van der Waals surface area contributed by atoms with E-state index >= 15 is 0 Å². The predicted molar refractivity (Wildman–Crippen MR) is 82.8 cm³/mol. The van der Waals surface area contributed by atoms with Crippen molar-refractivity contribution in [2.45, 2.75) is 39.2 Å². The number of carbonyl (C=O) groups is 2. The zero-order chi connectivity index (χ0) is 15.4. The highest BCUT2D eigenvalue weighted by atomic mass is 32.2. The van der Waals surface area contributed by atoms with Gasteiger partial charge < -0.3 is 15.7 Å². The summed E-state index contributed by atoms with van der Waals surface area (Å²) in [6.45, 7) is 4.19. The molecule has 0 fully saturated rings. The van der Waals surface area contributed by atoms with Crippen LogP contribution in [-0.4, -0.2) is 41.2 Å². The molecule has 0 spiro atoms. The number of rotatable bonds is 10. The van der Waals surface area contributed by atoms with Crippen molar-refractivity contribution in [3.05, 3.63) is 0 Å². The molecule has 2 unspecified atom stereocenters. The van der Waals surface area contributed by atoms with E-state index in [9.17, 15) is 9.59 Å². The van der Waals surface area contributed by atoms with Gasteiger partial charge in [-0.1, -0.05) is 19.3 Å². The Hall–Kier alpha value is -1.35. The van der Waals surface area contributed by atoms with E-state index in [1.165, 1.54) is 0 Å². The molecule has 0 bridgehead atoms. The van der Waals surface area contributed by atoms with Crippen molar-refractivity contribution in [2.75, 3.05) is 18.1 Å². The zero-order valence-corrected chi connectivity index (χ0v) is 13.0. The Balaban J connectivity index is 3.60. The lowest BCUT2D eigenvalue weighted by Gasteiger charge is -2.15. The fourth-order valence-corrected chi connectivity index (χ4v) is 2.08. The number of nitrogens with one attached hydrogen (secondary N) is 2. The molecule has 20 heavy (non-hydrogen) atoms. The quantitative estimate of drug-likeness (QED) is 0.425. The Morgan fingerprint density at radius 2 is 2.05 bits per heavy atom. The van der Waals surface area contributed by atoms with Crippen LogP contribution in [0.3, 0.4) is 0 Å². The number of terminal acetylenes is 1. The fraction of sp³-hybridized carbons (Fsp3) is 0.714. The molecule has 114 valence electrons. The van der Waals surface area contributed by atoms with E-state index in [0.717, 1.165) is 18.6 Å². The maximum absolute atomic E-state index is 11.5. The number of hydrogen-bond donors (Lipinski definition) is 3. The molecule has 3 N–H and O–H groups in total. The van der Waals surface area contributed by atoms with E-state index in [4.69, 9.17) is 11.5 Å². The minimum atomic E-state index is -0.771. The maximum atomic E-state index is 11.5. The minimum Gasteiger partial charge on any atom is -0.481 e. The highest BCUT2D eigenvalue weighted by Gasteiger charge is 2.12. The fourth-order valence-electron chi connectivity index (χ4n) is 1.57. The summed E-state index contributed by atoms with van der Waals surface area (Å²) in [7, 11) is 0. The smallest absolute Gasteiger partial charge is 0.315 e. The van der Waals surface area contributed by atoms with Crippen LogP contribution in [0, 0.1) is 18.3 Å². The van der Waals surface area contributed by atoms with Crippen LogP contribution >= 0.6 is 11.8 Å². The van der Waals surface area contributed by atoms with Crippen LogP contribution < -0.4 is 10.6 Å². The lowest BCUT2D eigenvalue weighted by molar-refractivity contribution is -0.141. The first-order valence-corrected chi connectivity index (χ1v) is 7.91. The van der Waals surface area contributed by atoms with Gasteiger partial charge in [0.25, 0.3) is 0 Å². The number of urea groups is 1. The van der Waals surface area contributed by atoms with Crippen molar-refractivity contribution in [1.82, 2.24) is 10.6 Å². The van der Waals surface area contributed by atoms with Crippen LogP contribution in [0.5, 0.6) is 0 Å². The summed E-state index contributed by atoms with van der Waals surface area (Å²) >= 11 is 1.60. The Kier molecular flexibility index (Phi) is 10.7. The van der Waals surface area contributed by atoms with Crippen molar-refractivity contribution >= 4 is 23.8 Å². The molecule has 0 aromatic carbocycles. The average Bonchev–Trinajstić information content (AvgIpc) is 2.38. The molecule has 0 aromatic heterocycles. The Morgan fingerprint density at radius 3 is 2.65 bits per heavy atom. The normalized spacial score (nSPS) is 13.1. The van der Waals surface area contributed by atoms with E-state index in [1.807, 2.05) is 6.92 Å². The molecule has 2 atom stereocenters. The molecule has 0 aliphatic rings. The summed E-state index contributed by atoms with van der Waals surface area (Å²) in [5.41, 5.74) is 0. The van der Waals surface area contributed by atoms with Gasteiger partial charge in [-0.25, -0.2) is 4.79 Å². The van der Waals surface area contributed by atoms with Crippen molar-refractivity contribution in [3.63, 3.8) is 0 Å². The van der Waals surface area contributed by atoms with Gasteiger partial charge >= 0.3 is 12.0 Å².